The first-order valence-corrected chi connectivity index (χ1v) is 9.93. The Morgan fingerprint density at radius 3 is 2.54 bits per heavy atom. The predicted octanol–water partition coefficient (Wildman–Crippen LogP) is 3.83. The Hall–Kier alpha value is -2.99. The number of aromatic carboxylic acids is 1. The summed E-state index contributed by atoms with van der Waals surface area (Å²) < 4.78 is 5.95. The molecule has 0 unspecified atom stereocenters. The third kappa shape index (κ3) is 3.82. The number of nitrogens with zero attached hydrogens (tertiary/aromatic N) is 1. The molecule has 0 bridgehead atoms. The number of benzene rings is 1. The van der Waals surface area contributed by atoms with Gasteiger partial charge in [-0.25, -0.2) is 4.98 Å². The van der Waals surface area contributed by atoms with Gasteiger partial charge in [0.2, 0.25) is 5.88 Å². The number of hydrogen-bond donors (Lipinski definition) is 0. The van der Waals surface area contributed by atoms with Gasteiger partial charge < -0.3 is 14.6 Å². The Kier molecular flexibility index (Phi) is 4.96. The molecule has 4 rings (SSSR count). The molecule has 142 valence electrons. The number of carbonyl (C=O) groups is 2. The monoisotopic (exact) mass is 392 g/mol. The summed E-state index contributed by atoms with van der Waals surface area (Å²) >= 11 is 1.59. The first-order chi connectivity index (χ1) is 13.5. The van der Waals surface area contributed by atoms with Gasteiger partial charge in [-0.2, -0.15) is 0 Å². The van der Waals surface area contributed by atoms with Gasteiger partial charge in [0.1, 0.15) is 6.61 Å². The number of hydrogen-bond acceptors (Lipinski definition) is 6. The van der Waals surface area contributed by atoms with Crippen LogP contribution < -0.4 is 9.84 Å². The average Bonchev–Trinajstić information content (AvgIpc) is 3.39. The number of carbonyl (C=O) groups excluding carboxylic acids is 2. The smallest absolute Gasteiger partial charge is 0.225 e. The van der Waals surface area contributed by atoms with Crippen molar-refractivity contribution >= 4 is 23.1 Å². The Bertz CT molecular complexity index is 1020. The van der Waals surface area contributed by atoms with Crippen molar-refractivity contribution in [2.24, 2.45) is 0 Å². The van der Waals surface area contributed by atoms with Gasteiger partial charge in [0.25, 0.3) is 0 Å². The van der Waals surface area contributed by atoms with Crippen LogP contribution >= 0.6 is 11.3 Å². The lowest BCUT2D eigenvalue weighted by atomic mass is 10.0. The number of thiophene rings is 1. The van der Waals surface area contributed by atoms with Gasteiger partial charge in [-0.1, -0.05) is 30.3 Å². The molecule has 1 fully saturated rings. The van der Waals surface area contributed by atoms with E-state index >= 15 is 0 Å². The van der Waals surface area contributed by atoms with Crippen LogP contribution in [-0.4, -0.2) is 16.7 Å². The lowest BCUT2D eigenvalue weighted by molar-refractivity contribution is -0.255. The molecule has 6 heteroatoms. The van der Waals surface area contributed by atoms with Crippen molar-refractivity contribution in [3.8, 4) is 16.5 Å². The van der Waals surface area contributed by atoms with E-state index < -0.39 is 5.97 Å². The molecule has 0 saturated heterocycles. The predicted molar refractivity (Wildman–Crippen MR) is 105 cm³/mol. The molecule has 0 N–H and O–H groups in total. The van der Waals surface area contributed by atoms with Crippen LogP contribution in [0.25, 0.3) is 10.6 Å². The van der Waals surface area contributed by atoms with Crippen molar-refractivity contribution in [3.05, 3.63) is 70.1 Å². The minimum absolute atomic E-state index is 0.0607. The molecule has 0 spiro atoms. The Labute approximate surface area is 166 Å². The second-order valence-electron chi connectivity index (χ2n) is 6.86. The number of ketones is 1. The number of ether oxygens (including phenoxy) is 1. The number of carboxylic acids is 1. The summed E-state index contributed by atoms with van der Waals surface area (Å²) in [7, 11) is 0. The van der Waals surface area contributed by atoms with Gasteiger partial charge >= 0.3 is 0 Å². The summed E-state index contributed by atoms with van der Waals surface area (Å²) in [4.78, 5) is 28.9. The third-order valence-corrected chi connectivity index (χ3v) is 5.62. The first-order valence-electron chi connectivity index (χ1n) is 9.05. The molecule has 0 aliphatic heterocycles. The van der Waals surface area contributed by atoms with E-state index in [1.165, 1.54) is 19.1 Å². The second kappa shape index (κ2) is 7.56. The molecule has 1 aliphatic carbocycles. The number of pyridine rings is 1. The Balaban J connectivity index is 1.67. The zero-order valence-electron chi connectivity index (χ0n) is 15.3. The highest BCUT2D eigenvalue weighted by molar-refractivity contribution is 7.13. The fraction of sp³-hybridized carbons (Fsp3) is 0.227. The second-order valence-corrected chi connectivity index (χ2v) is 7.81. The Morgan fingerprint density at radius 2 is 1.96 bits per heavy atom. The molecule has 28 heavy (non-hydrogen) atoms. The first kappa shape index (κ1) is 18.4. The lowest BCUT2D eigenvalue weighted by Gasteiger charge is -2.15. The van der Waals surface area contributed by atoms with Crippen LogP contribution in [0.1, 0.15) is 57.5 Å². The maximum absolute atomic E-state index is 12.4. The molecule has 1 saturated carbocycles. The normalized spacial score (nSPS) is 13.3. The number of Topliss-reactive ketones (excluding diaryl/α,β-unsaturated/α-hetero) is 1. The topological polar surface area (TPSA) is 79.3 Å². The van der Waals surface area contributed by atoms with Crippen molar-refractivity contribution < 1.29 is 19.4 Å². The van der Waals surface area contributed by atoms with Crippen LogP contribution in [-0.2, 0) is 6.61 Å². The van der Waals surface area contributed by atoms with E-state index in [4.69, 9.17) is 4.74 Å². The van der Waals surface area contributed by atoms with E-state index in [1.54, 1.807) is 23.5 Å². The molecule has 0 radical (unpaired) electrons. The van der Waals surface area contributed by atoms with Crippen molar-refractivity contribution in [3.63, 3.8) is 0 Å². The van der Waals surface area contributed by atoms with E-state index in [-0.39, 0.29) is 18.0 Å². The molecule has 0 atom stereocenters. The van der Waals surface area contributed by atoms with Crippen LogP contribution in [0.2, 0.25) is 0 Å². The van der Waals surface area contributed by atoms with Gasteiger partial charge in [-0.15, -0.1) is 11.3 Å². The van der Waals surface area contributed by atoms with Crippen LogP contribution in [0.15, 0.2) is 47.8 Å². The zero-order valence-corrected chi connectivity index (χ0v) is 16.1. The maximum atomic E-state index is 12.4. The van der Waals surface area contributed by atoms with Crippen molar-refractivity contribution in [1.82, 2.24) is 4.98 Å². The SMILES string of the molecule is CC(=O)c1c(C2CC2)cc(-c2cccs2)nc1OCc1ccc(C(=O)[O-])cc1. The van der Waals surface area contributed by atoms with Crippen LogP contribution in [0, 0.1) is 0 Å². The molecule has 5 nitrogen and oxygen atoms in total. The highest BCUT2D eigenvalue weighted by Crippen LogP contribution is 2.45. The highest BCUT2D eigenvalue weighted by atomic mass is 32.1. The molecular formula is C22H18NO4S-. The molecule has 0 amide bonds. The van der Waals surface area contributed by atoms with Crippen molar-refractivity contribution in [1.29, 1.82) is 0 Å². The summed E-state index contributed by atoms with van der Waals surface area (Å²) in [6.07, 6.45) is 2.14. The van der Waals surface area contributed by atoms with Gasteiger partial charge in [0.05, 0.1) is 22.1 Å². The van der Waals surface area contributed by atoms with E-state index in [0.29, 0.717) is 17.4 Å². The average molecular weight is 392 g/mol. The van der Waals surface area contributed by atoms with E-state index in [1.807, 2.05) is 23.6 Å². The molecule has 3 aromatic rings. The largest absolute Gasteiger partial charge is 0.545 e. The lowest BCUT2D eigenvalue weighted by Crippen LogP contribution is -2.22. The summed E-state index contributed by atoms with van der Waals surface area (Å²) in [6.45, 7) is 1.73. The third-order valence-electron chi connectivity index (χ3n) is 4.72. The van der Waals surface area contributed by atoms with Crippen molar-refractivity contribution in [2.45, 2.75) is 32.3 Å². The van der Waals surface area contributed by atoms with Crippen LogP contribution in [0.3, 0.4) is 0 Å². The Morgan fingerprint density at radius 1 is 1.21 bits per heavy atom. The number of rotatable bonds is 7. The van der Waals surface area contributed by atoms with Gasteiger partial charge in [-0.05, 0) is 59.9 Å². The molecular weight excluding hydrogens is 374 g/mol. The number of aromatic nitrogens is 1. The van der Waals surface area contributed by atoms with E-state index in [9.17, 15) is 14.7 Å². The van der Waals surface area contributed by atoms with Crippen molar-refractivity contribution in [2.75, 3.05) is 0 Å². The highest BCUT2D eigenvalue weighted by Gasteiger charge is 2.31. The summed E-state index contributed by atoms with van der Waals surface area (Å²) in [5.74, 6) is -0.560. The van der Waals surface area contributed by atoms with E-state index in [0.717, 1.165) is 34.5 Å². The maximum Gasteiger partial charge on any atom is 0.225 e. The van der Waals surface area contributed by atoms with E-state index in [2.05, 4.69) is 4.98 Å². The summed E-state index contributed by atoms with van der Waals surface area (Å²) in [5, 5.41) is 12.9. The molecule has 1 aromatic carbocycles. The zero-order chi connectivity index (χ0) is 19.7. The summed E-state index contributed by atoms with van der Waals surface area (Å²) in [6, 6.07) is 12.3. The van der Waals surface area contributed by atoms with Gasteiger partial charge in [0.15, 0.2) is 5.78 Å². The fourth-order valence-electron chi connectivity index (χ4n) is 3.15. The molecule has 2 heterocycles. The fourth-order valence-corrected chi connectivity index (χ4v) is 3.84. The van der Waals surface area contributed by atoms with Gasteiger partial charge in [0, 0.05) is 0 Å². The van der Waals surface area contributed by atoms with Gasteiger partial charge in [-0.3, -0.25) is 4.79 Å². The molecule has 2 aromatic heterocycles. The van der Waals surface area contributed by atoms with Crippen LogP contribution in [0.4, 0.5) is 0 Å². The summed E-state index contributed by atoms with van der Waals surface area (Å²) in [5.41, 5.74) is 3.27. The minimum atomic E-state index is -1.22. The minimum Gasteiger partial charge on any atom is -0.545 e. The standard InChI is InChI=1S/C22H19NO4S/c1-13(24)20-17(15-8-9-15)11-18(19-3-2-10-28-19)23-21(20)27-12-14-4-6-16(7-5-14)22(25)26/h2-7,10-11,15H,8-9,12H2,1H3,(H,25,26)/p-1. The molecule has 1 aliphatic rings. The quantitative estimate of drug-likeness (QED) is 0.571. The number of carboxylic acid groups (broad SMARTS) is 1. The van der Waals surface area contributed by atoms with Crippen LogP contribution in [0.5, 0.6) is 5.88 Å².